The maximum absolute atomic E-state index is 12.3. The molecule has 1 aromatic heterocycles. The van der Waals surface area contributed by atoms with Crippen LogP contribution in [0.15, 0.2) is 36.9 Å². The van der Waals surface area contributed by atoms with Crippen molar-refractivity contribution in [3.8, 4) is 0 Å². The molecule has 1 saturated heterocycles. The van der Waals surface area contributed by atoms with Crippen LogP contribution in [0.3, 0.4) is 0 Å². The minimum atomic E-state index is 0.0453. The standard InChI is InChI=1S/C15H19N5O/c1-11-6-16-7-14(11)15(21)19-13-4-2-3-12(5-13)8-20-10-17-9-18-20/h2-5,9-11,14,16H,6-8H2,1H3,(H,19,21). The zero-order valence-electron chi connectivity index (χ0n) is 12.0. The molecule has 1 aliphatic rings. The molecule has 21 heavy (non-hydrogen) atoms. The first-order chi connectivity index (χ1) is 10.2. The zero-order valence-corrected chi connectivity index (χ0v) is 12.0. The number of nitrogens with zero attached hydrogens (tertiary/aromatic N) is 3. The van der Waals surface area contributed by atoms with Crippen molar-refractivity contribution in [2.45, 2.75) is 13.5 Å². The summed E-state index contributed by atoms with van der Waals surface area (Å²) in [5.41, 5.74) is 1.91. The Balaban J connectivity index is 1.67. The summed E-state index contributed by atoms with van der Waals surface area (Å²) in [6.45, 7) is 4.41. The summed E-state index contributed by atoms with van der Waals surface area (Å²) in [7, 11) is 0. The fourth-order valence-electron chi connectivity index (χ4n) is 2.64. The zero-order chi connectivity index (χ0) is 14.7. The second kappa shape index (κ2) is 6.05. The Morgan fingerprint density at radius 1 is 1.48 bits per heavy atom. The van der Waals surface area contributed by atoms with Crippen molar-refractivity contribution in [3.63, 3.8) is 0 Å². The van der Waals surface area contributed by atoms with Gasteiger partial charge in [-0.3, -0.25) is 4.79 Å². The van der Waals surface area contributed by atoms with E-state index in [1.54, 1.807) is 11.0 Å². The van der Waals surface area contributed by atoms with E-state index in [9.17, 15) is 4.79 Å². The van der Waals surface area contributed by atoms with Crippen LogP contribution in [0.5, 0.6) is 0 Å². The Hall–Kier alpha value is -2.21. The lowest BCUT2D eigenvalue weighted by atomic mass is 9.97. The maximum Gasteiger partial charge on any atom is 0.229 e. The number of hydrogen-bond donors (Lipinski definition) is 2. The third-order valence-electron chi connectivity index (χ3n) is 3.86. The first kappa shape index (κ1) is 13.8. The number of anilines is 1. The van der Waals surface area contributed by atoms with Gasteiger partial charge in [0.15, 0.2) is 0 Å². The quantitative estimate of drug-likeness (QED) is 0.883. The molecule has 110 valence electrons. The van der Waals surface area contributed by atoms with Gasteiger partial charge in [-0.1, -0.05) is 19.1 Å². The van der Waals surface area contributed by atoms with Crippen molar-refractivity contribution in [2.24, 2.45) is 11.8 Å². The number of hydrogen-bond acceptors (Lipinski definition) is 4. The predicted octanol–water partition coefficient (Wildman–Crippen LogP) is 1.12. The van der Waals surface area contributed by atoms with Gasteiger partial charge in [-0.2, -0.15) is 5.10 Å². The molecule has 2 aromatic rings. The average Bonchev–Trinajstić information content (AvgIpc) is 3.10. The topological polar surface area (TPSA) is 71.8 Å². The highest BCUT2D eigenvalue weighted by atomic mass is 16.1. The van der Waals surface area contributed by atoms with Gasteiger partial charge in [0, 0.05) is 12.2 Å². The summed E-state index contributed by atoms with van der Waals surface area (Å²) in [6, 6.07) is 7.84. The van der Waals surface area contributed by atoms with E-state index in [1.807, 2.05) is 24.3 Å². The number of carbonyl (C=O) groups excluding carboxylic acids is 1. The summed E-state index contributed by atoms with van der Waals surface area (Å²) >= 11 is 0. The normalized spacial score (nSPS) is 21.4. The molecule has 1 aliphatic heterocycles. The number of amides is 1. The smallest absolute Gasteiger partial charge is 0.229 e. The van der Waals surface area contributed by atoms with Crippen LogP contribution in [-0.2, 0) is 11.3 Å². The van der Waals surface area contributed by atoms with Crippen LogP contribution in [0.4, 0.5) is 5.69 Å². The second-order valence-electron chi connectivity index (χ2n) is 5.52. The van der Waals surface area contributed by atoms with Crippen molar-refractivity contribution in [2.75, 3.05) is 18.4 Å². The molecule has 2 heterocycles. The fraction of sp³-hybridized carbons (Fsp3) is 0.400. The SMILES string of the molecule is CC1CNCC1C(=O)Nc1cccc(Cn2cncn2)c1. The minimum Gasteiger partial charge on any atom is -0.326 e. The van der Waals surface area contributed by atoms with Crippen molar-refractivity contribution in [1.29, 1.82) is 0 Å². The molecular formula is C15H19N5O. The third-order valence-corrected chi connectivity index (χ3v) is 3.86. The summed E-state index contributed by atoms with van der Waals surface area (Å²) in [5, 5.41) is 10.3. The van der Waals surface area contributed by atoms with E-state index >= 15 is 0 Å². The number of aromatic nitrogens is 3. The highest BCUT2D eigenvalue weighted by molar-refractivity contribution is 5.93. The highest BCUT2D eigenvalue weighted by Crippen LogP contribution is 2.19. The van der Waals surface area contributed by atoms with Crippen molar-refractivity contribution in [3.05, 3.63) is 42.5 Å². The molecule has 6 nitrogen and oxygen atoms in total. The Kier molecular flexibility index (Phi) is 3.96. The number of rotatable bonds is 4. The van der Waals surface area contributed by atoms with Crippen LogP contribution in [0.2, 0.25) is 0 Å². The lowest BCUT2D eigenvalue weighted by Crippen LogP contribution is -2.27. The fourth-order valence-corrected chi connectivity index (χ4v) is 2.64. The molecule has 2 unspecified atom stereocenters. The van der Waals surface area contributed by atoms with Gasteiger partial charge in [0.25, 0.3) is 0 Å². The molecule has 3 rings (SSSR count). The lowest BCUT2D eigenvalue weighted by molar-refractivity contribution is -0.120. The number of carbonyl (C=O) groups is 1. The molecule has 0 aliphatic carbocycles. The molecule has 2 atom stereocenters. The molecule has 1 fully saturated rings. The van der Waals surface area contributed by atoms with Gasteiger partial charge in [-0.05, 0) is 30.2 Å². The molecule has 0 bridgehead atoms. The van der Waals surface area contributed by atoms with Crippen LogP contribution in [0.1, 0.15) is 12.5 Å². The first-order valence-corrected chi connectivity index (χ1v) is 7.15. The predicted molar refractivity (Wildman–Crippen MR) is 79.7 cm³/mol. The average molecular weight is 285 g/mol. The van der Waals surface area contributed by atoms with E-state index in [4.69, 9.17) is 0 Å². The van der Waals surface area contributed by atoms with Gasteiger partial charge in [0.05, 0.1) is 12.5 Å². The van der Waals surface area contributed by atoms with Crippen LogP contribution < -0.4 is 10.6 Å². The van der Waals surface area contributed by atoms with Gasteiger partial charge in [-0.15, -0.1) is 0 Å². The Bertz CT molecular complexity index is 610. The van der Waals surface area contributed by atoms with E-state index in [0.717, 1.165) is 24.3 Å². The first-order valence-electron chi connectivity index (χ1n) is 7.15. The second-order valence-corrected chi connectivity index (χ2v) is 5.52. The summed E-state index contributed by atoms with van der Waals surface area (Å²) in [4.78, 5) is 16.2. The van der Waals surface area contributed by atoms with E-state index in [2.05, 4.69) is 27.6 Å². The van der Waals surface area contributed by atoms with E-state index in [1.165, 1.54) is 6.33 Å². The Morgan fingerprint density at radius 2 is 2.38 bits per heavy atom. The van der Waals surface area contributed by atoms with E-state index in [-0.39, 0.29) is 11.8 Å². The summed E-state index contributed by atoms with van der Waals surface area (Å²) < 4.78 is 1.75. The van der Waals surface area contributed by atoms with E-state index < -0.39 is 0 Å². The largest absolute Gasteiger partial charge is 0.326 e. The third kappa shape index (κ3) is 3.28. The molecule has 1 aromatic carbocycles. The molecule has 0 radical (unpaired) electrons. The molecular weight excluding hydrogens is 266 g/mol. The van der Waals surface area contributed by atoms with Crippen LogP contribution in [-0.4, -0.2) is 33.8 Å². The number of benzene rings is 1. The van der Waals surface area contributed by atoms with Gasteiger partial charge in [0.2, 0.25) is 5.91 Å². The van der Waals surface area contributed by atoms with Crippen LogP contribution in [0.25, 0.3) is 0 Å². The minimum absolute atomic E-state index is 0.0453. The molecule has 0 spiro atoms. The molecule has 6 heteroatoms. The van der Waals surface area contributed by atoms with Crippen molar-refractivity contribution in [1.82, 2.24) is 20.1 Å². The number of nitrogens with one attached hydrogen (secondary N) is 2. The monoisotopic (exact) mass is 285 g/mol. The van der Waals surface area contributed by atoms with E-state index in [0.29, 0.717) is 12.5 Å². The Labute approximate surface area is 123 Å². The van der Waals surface area contributed by atoms with Gasteiger partial charge >= 0.3 is 0 Å². The van der Waals surface area contributed by atoms with Gasteiger partial charge in [-0.25, -0.2) is 9.67 Å². The van der Waals surface area contributed by atoms with Crippen LogP contribution in [0, 0.1) is 11.8 Å². The Morgan fingerprint density at radius 3 is 3.10 bits per heavy atom. The molecule has 0 saturated carbocycles. The van der Waals surface area contributed by atoms with Crippen LogP contribution >= 0.6 is 0 Å². The van der Waals surface area contributed by atoms with Crippen molar-refractivity contribution < 1.29 is 4.79 Å². The van der Waals surface area contributed by atoms with Gasteiger partial charge in [0.1, 0.15) is 12.7 Å². The highest BCUT2D eigenvalue weighted by Gasteiger charge is 2.29. The van der Waals surface area contributed by atoms with Gasteiger partial charge < -0.3 is 10.6 Å². The molecule has 1 amide bonds. The summed E-state index contributed by atoms with van der Waals surface area (Å²) in [6.07, 6.45) is 3.19. The lowest BCUT2D eigenvalue weighted by Gasteiger charge is -2.14. The summed E-state index contributed by atoms with van der Waals surface area (Å²) in [5.74, 6) is 0.512. The molecule has 2 N–H and O–H groups in total. The van der Waals surface area contributed by atoms with Crippen molar-refractivity contribution >= 4 is 11.6 Å². The maximum atomic E-state index is 12.3.